The molecule has 0 aliphatic rings. The van der Waals surface area contributed by atoms with Crippen molar-refractivity contribution in [3.05, 3.63) is 72.1 Å². The molecule has 0 atom stereocenters. The number of fused-ring (bicyclic) bond motifs is 2. The Bertz CT molecular complexity index is 1220. The van der Waals surface area contributed by atoms with Gasteiger partial charge < -0.3 is 9.97 Å². The molecule has 2 amide bonds. The number of hydrogen-bond donors (Lipinski definition) is 4. The van der Waals surface area contributed by atoms with Gasteiger partial charge in [-0.1, -0.05) is 49.2 Å². The second-order valence-electron chi connectivity index (χ2n) is 8.08. The summed E-state index contributed by atoms with van der Waals surface area (Å²) in [5, 5.41) is 10.2. The number of unbranched alkanes of at least 4 members (excludes halogenated alkanes) is 3. The second kappa shape index (κ2) is 11.6. The molecule has 2 heterocycles. The van der Waals surface area contributed by atoms with Gasteiger partial charge in [0.05, 0.1) is 12.4 Å². The summed E-state index contributed by atoms with van der Waals surface area (Å²) < 4.78 is 0. The minimum atomic E-state index is -0.111. The quantitative estimate of drug-likeness (QED) is 0.150. The minimum absolute atomic E-state index is 0.111. The number of benzene rings is 2. The number of nitrogens with one attached hydrogen (secondary N) is 4. The van der Waals surface area contributed by atoms with Crippen LogP contribution in [0.1, 0.15) is 49.7 Å². The molecule has 0 unspecified atom stereocenters. The van der Waals surface area contributed by atoms with Crippen LogP contribution in [0.2, 0.25) is 0 Å². The van der Waals surface area contributed by atoms with Gasteiger partial charge in [0.15, 0.2) is 0 Å². The maximum atomic E-state index is 12.0. The number of rotatable bonds is 11. The lowest BCUT2D eigenvalue weighted by Crippen LogP contribution is -2.17. The van der Waals surface area contributed by atoms with Crippen molar-refractivity contribution >= 4 is 46.0 Å². The highest BCUT2D eigenvalue weighted by Crippen LogP contribution is 2.16. The van der Waals surface area contributed by atoms with Crippen molar-refractivity contribution in [2.45, 2.75) is 38.5 Å². The van der Waals surface area contributed by atoms with Gasteiger partial charge in [-0.15, -0.1) is 0 Å². The van der Waals surface area contributed by atoms with E-state index in [9.17, 15) is 9.59 Å². The van der Waals surface area contributed by atoms with E-state index in [1.165, 1.54) is 0 Å². The summed E-state index contributed by atoms with van der Waals surface area (Å²) in [6.45, 7) is 0. The molecule has 0 radical (unpaired) electrons. The van der Waals surface area contributed by atoms with E-state index in [0.717, 1.165) is 58.6 Å². The normalized spacial score (nSPS) is 11.6. The Kier molecular flexibility index (Phi) is 7.84. The fourth-order valence-electron chi connectivity index (χ4n) is 3.79. The number of hydrogen-bond acceptors (Lipinski definition) is 4. The minimum Gasteiger partial charge on any atom is -0.361 e. The topological polar surface area (TPSA) is 114 Å². The van der Waals surface area contributed by atoms with Crippen molar-refractivity contribution in [3.63, 3.8) is 0 Å². The molecule has 0 saturated heterocycles. The second-order valence-corrected chi connectivity index (χ2v) is 8.08. The van der Waals surface area contributed by atoms with Crippen LogP contribution in [0.3, 0.4) is 0 Å². The molecule has 4 aromatic rings. The highest BCUT2D eigenvalue weighted by molar-refractivity contribution is 6.00. The third-order valence-electron chi connectivity index (χ3n) is 5.59. The van der Waals surface area contributed by atoms with E-state index in [1.807, 2.05) is 60.9 Å². The number of H-pyrrole nitrogens is 2. The molecule has 0 aliphatic heterocycles. The van der Waals surface area contributed by atoms with Gasteiger partial charge in [-0.05, 0) is 25.0 Å². The van der Waals surface area contributed by atoms with Crippen molar-refractivity contribution in [2.75, 3.05) is 0 Å². The SMILES string of the molecule is O=C(CCCCCCC(=O)NN=Cc1c[nH]c2ccccc12)NN=Cc1c[nH]c2ccccc12. The smallest absolute Gasteiger partial charge is 0.240 e. The fraction of sp³-hybridized carbons (Fsp3) is 0.231. The molecular weight excluding hydrogens is 428 g/mol. The van der Waals surface area contributed by atoms with Crippen molar-refractivity contribution in [1.29, 1.82) is 0 Å². The van der Waals surface area contributed by atoms with Crippen LogP contribution in [0.25, 0.3) is 21.8 Å². The van der Waals surface area contributed by atoms with E-state index in [1.54, 1.807) is 12.4 Å². The van der Waals surface area contributed by atoms with Crippen LogP contribution in [0.15, 0.2) is 71.1 Å². The molecule has 8 heteroatoms. The first kappa shape index (κ1) is 23.0. The maximum absolute atomic E-state index is 12.0. The Hall–Kier alpha value is -4.20. The van der Waals surface area contributed by atoms with E-state index < -0.39 is 0 Å². The molecule has 2 aromatic heterocycles. The lowest BCUT2D eigenvalue weighted by atomic mass is 10.1. The van der Waals surface area contributed by atoms with E-state index in [2.05, 4.69) is 31.0 Å². The lowest BCUT2D eigenvalue weighted by Gasteiger charge is -2.02. The molecule has 4 rings (SSSR count). The van der Waals surface area contributed by atoms with Crippen LogP contribution in [0.5, 0.6) is 0 Å². The third-order valence-corrected chi connectivity index (χ3v) is 5.59. The summed E-state index contributed by atoms with van der Waals surface area (Å²) in [5.41, 5.74) is 9.08. The number of aromatic amines is 2. The fourth-order valence-corrected chi connectivity index (χ4v) is 3.79. The molecular formula is C26H28N6O2. The van der Waals surface area contributed by atoms with Crippen LogP contribution in [-0.4, -0.2) is 34.2 Å². The monoisotopic (exact) mass is 456 g/mol. The molecule has 0 aliphatic carbocycles. The van der Waals surface area contributed by atoms with E-state index in [-0.39, 0.29) is 11.8 Å². The van der Waals surface area contributed by atoms with Crippen LogP contribution in [0, 0.1) is 0 Å². The van der Waals surface area contributed by atoms with Crippen molar-refractivity contribution in [3.8, 4) is 0 Å². The van der Waals surface area contributed by atoms with Crippen LogP contribution in [-0.2, 0) is 9.59 Å². The predicted octanol–water partition coefficient (Wildman–Crippen LogP) is 4.59. The van der Waals surface area contributed by atoms with Gasteiger partial charge in [-0.2, -0.15) is 10.2 Å². The molecule has 8 nitrogen and oxygen atoms in total. The van der Waals surface area contributed by atoms with Gasteiger partial charge in [-0.25, -0.2) is 10.9 Å². The zero-order valence-corrected chi connectivity index (χ0v) is 18.9. The Morgan fingerprint density at radius 3 is 1.59 bits per heavy atom. The van der Waals surface area contributed by atoms with Crippen molar-refractivity contribution < 1.29 is 9.59 Å². The van der Waals surface area contributed by atoms with Gasteiger partial charge in [0.1, 0.15) is 0 Å². The Morgan fingerprint density at radius 2 is 1.12 bits per heavy atom. The van der Waals surface area contributed by atoms with Gasteiger partial charge in [-0.3, -0.25) is 9.59 Å². The average molecular weight is 457 g/mol. The summed E-state index contributed by atoms with van der Waals surface area (Å²) in [6.07, 6.45) is 11.1. The Balaban J connectivity index is 1.06. The standard InChI is InChI=1S/C26H28N6O2/c33-25(31-29-17-19-15-27-23-11-7-5-9-21(19)23)13-3-1-2-4-14-26(34)32-30-18-20-16-28-24-12-8-6-10-22(20)24/h5-12,15-18,27-28H,1-4,13-14H2,(H,31,33)(H,32,34). The lowest BCUT2D eigenvalue weighted by molar-refractivity contribution is -0.122. The largest absolute Gasteiger partial charge is 0.361 e. The van der Waals surface area contributed by atoms with E-state index >= 15 is 0 Å². The summed E-state index contributed by atoms with van der Waals surface area (Å²) in [5.74, 6) is -0.221. The van der Waals surface area contributed by atoms with Crippen molar-refractivity contribution in [1.82, 2.24) is 20.8 Å². The predicted molar refractivity (Wildman–Crippen MR) is 136 cm³/mol. The molecule has 174 valence electrons. The third kappa shape index (κ3) is 6.19. The van der Waals surface area contributed by atoms with Crippen LogP contribution < -0.4 is 10.9 Å². The molecule has 0 fully saturated rings. The number of carbonyl (C=O) groups excluding carboxylic acids is 2. The van der Waals surface area contributed by atoms with Gasteiger partial charge in [0.25, 0.3) is 0 Å². The number of nitrogens with zero attached hydrogens (tertiary/aromatic N) is 2. The van der Waals surface area contributed by atoms with Gasteiger partial charge in [0, 0.05) is 58.2 Å². The summed E-state index contributed by atoms with van der Waals surface area (Å²) in [4.78, 5) is 30.3. The molecule has 0 bridgehead atoms. The number of aromatic nitrogens is 2. The zero-order valence-electron chi connectivity index (χ0n) is 18.9. The number of para-hydroxylation sites is 2. The highest BCUT2D eigenvalue weighted by Gasteiger charge is 2.04. The first-order chi connectivity index (χ1) is 16.7. The molecule has 34 heavy (non-hydrogen) atoms. The first-order valence-electron chi connectivity index (χ1n) is 11.5. The van der Waals surface area contributed by atoms with E-state index in [4.69, 9.17) is 0 Å². The zero-order chi connectivity index (χ0) is 23.6. The summed E-state index contributed by atoms with van der Waals surface area (Å²) in [6, 6.07) is 15.9. The number of carbonyl (C=O) groups is 2. The van der Waals surface area contributed by atoms with Gasteiger partial charge in [0.2, 0.25) is 11.8 Å². The van der Waals surface area contributed by atoms with Crippen molar-refractivity contribution in [2.24, 2.45) is 10.2 Å². The van der Waals surface area contributed by atoms with E-state index in [0.29, 0.717) is 12.8 Å². The summed E-state index contributed by atoms with van der Waals surface area (Å²) in [7, 11) is 0. The molecule has 4 N–H and O–H groups in total. The Labute approximate surface area is 197 Å². The maximum Gasteiger partial charge on any atom is 0.240 e. The van der Waals surface area contributed by atoms with Crippen LogP contribution in [0.4, 0.5) is 0 Å². The average Bonchev–Trinajstić information content (AvgIpc) is 3.46. The number of hydrazone groups is 2. The van der Waals surface area contributed by atoms with Gasteiger partial charge >= 0.3 is 0 Å². The number of amides is 2. The summed E-state index contributed by atoms with van der Waals surface area (Å²) >= 11 is 0. The first-order valence-corrected chi connectivity index (χ1v) is 11.5. The highest BCUT2D eigenvalue weighted by atomic mass is 16.2. The van der Waals surface area contributed by atoms with Crippen LogP contribution >= 0.6 is 0 Å². The molecule has 0 saturated carbocycles. The molecule has 2 aromatic carbocycles. The molecule has 0 spiro atoms. The Morgan fingerprint density at radius 1 is 0.676 bits per heavy atom.